The van der Waals surface area contributed by atoms with Gasteiger partial charge in [-0.05, 0) is 55.7 Å². The Morgan fingerprint density at radius 3 is 2.31 bits per heavy atom. The molecule has 26 heavy (non-hydrogen) atoms. The number of rotatable bonds is 7. The number of methoxy groups -OCH3 is 2. The van der Waals surface area contributed by atoms with Gasteiger partial charge in [0.1, 0.15) is 0 Å². The van der Waals surface area contributed by atoms with E-state index in [1.165, 1.54) is 0 Å². The summed E-state index contributed by atoms with van der Waals surface area (Å²) in [6, 6.07) is 13.0. The maximum Gasteiger partial charge on any atom is 0.315 e. The summed E-state index contributed by atoms with van der Waals surface area (Å²) in [7, 11) is 3.18. The number of benzene rings is 2. The lowest BCUT2D eigenvalue weighted by molar-refractivity contribution is 0.230. The monoisotopic (exact) mass is 376 g/mol. The minimum atomic E-state index is -0.566. The highest BCUT2D eigenvalue weighted by Gasteiger charge is 2.24. The average molecular weight is 377 g/mol. The second kappa shape index (κ2) is 8.81. The van der Waals surface area contributed by atoms with Crippen LogP contribution in [0.2, 0.25) is 5.02 Å². The fraction of sp³-hybridized carbons (Fsp3) is 0.350. The number of hydrogen-bond donors (Lipinski definition) is 2. The van der Waals surface area contributed by atoms with Gasteiger partial charge < -0.3 is 20.1 Å². The third-order valence-corrected chi connectivity index (χ3v) is 4.40. The molecular weight excluding hydrogens is 352 g/mol. The van der Waals surface area contributed by atoms with Crippen LogP contribution in [-0.2, 0) is 12.0 Å². The second-order valence-corrected chi connectivity index (χ2v) is 6.89. The van der Waals surface area contributed by atoms with Crippen LogP contribution in [0.1, 0.15) is 25.0 Å². The number of amides is 2. The lowest BCUT2D eigenvalue weighted by Crippen LogP contribution is -2.46. The van der Waals surface area contributed by atoms with E-state index >= 15 is 0 Å². The summed E-state index contributed by atoms with van der Waals surface area (Å²) in [5, 5.41) is 6.58. The molecule has 140 valence electrons. The predicted molar refractivity (Wildman–Crippen MR) is 104 cm³/mol. The van der Waals surface area contributed by atoms with Crippen LogP contribution >= 0.6 is 11.6 Å². The van der Waals surface area contributed by atoms with Crippen LogP contribution in [0.5, 0.6) is 11.5 Å². The van der Waals surface area contributed by atoms with Crippen LogP contribution in [0.4, 0.5) is 4.79 Å². The van der Waals surface area contributed by atoms with Crippen molar-refractivity contribution in [1.82, 2.24) is 10.6 Å². The molecule has 0 aliphatic carbocycles. The highest BCUT2D eigenvalue weighted by atomic mass is 35.5. The van der Waals surface area contributed by atoms with E-state index in [0.29, 0.717) is 23.1 Å². The smallest absolute Gasteiger partial charge is 0.315 e. The number of hydrogen-bond acceptors (Lipinski definition) is 3. The molecule has 0 spiro atoms. The molecular formula is C20H25ClN2O3. The summed E-state index contributed by atoms with van der Waals surface area (Å²) in [6.45, 7) is 4.41. The van der Waals surface area contributed by atoms with Crippen LogP contribution in [0.3, 0.4) is 0 Å². The van der Waals surface area contributed by atoms with Crippen molar-refractivity contribution >= 4 is 17.6 Å². The van der Waals surface area contributed by atoms with Gasteiger partial charge in [0.05, 0.1) is 19.8 Å². The van der Waals surface area contributed by atoms with E-state index in [9.17, 15) is 4.79 Å². The molecule has 2 aromatic carbocycles. The number of carbonyl (C=O) groups excluding carboxylic acids is 1. The Hall–Kier alpha value is -2.40. The number of carbonyl (C=O) groups is 1. The van der Waals surface area contributed by atoms with E-state index in [-0.39, 0.29) is 6.03 Å². The molecule has 0 atom stereocenters. The summed E-state index contributed by atoms with van der Waals surface area (Å²) in [5.41, 5.74) is 1.47. The van der Waals surface area contributed by atoms with Crippen molar-refractivity contribution in [2.45, 2.75) is 25.8 Å². The van der Waals surface area contributed by atoms with Crippen molar-refractivity contribution in [3.63, 3.8) is 0 Å². The van der Waals surface area contributed by atoms with E-state index in [0.717, 1.165) is 17.5 Å². The molecule has 5 nitrogen and oxygen atoms in total. The van der Waals surface area contributed by atoms with Crippen LogP contribution in [-0.4, -0.2) is 26.8 Å². The second-order valence-electron chi connectivity index (χ2n) is 6.45. The molecule has 0 radical (unpaired) electrons. The standard InChI is InChI=1S/C20H25ClN2O3/c1-20(2,15-7-10-17(25-3)18(13-15)26-4)23-19(24)22-12-11-14-5-8-16(21)9-6-14/h5-10,13H,11-12H2,1-4H3,(H2,22,23,24). The molecule has 2 aromatic rings. The zero-order chi connectivity index (χ0) is 19.2. The Labute approximate surface area is 159 Å². The molecule has 6 heteroatoms. The third-order valence-electron chi connectivity index (χ3n) is 4.14. The van der Waals surface area contributed by atoms with E-state index in [1.54, 1.807) is 14.2 Å². The van der Waals surface area contributed by atoms with Crippen molar-refractivity contribution in [2.24, 2.45) is 0 Å². The predicted octanol–water partition coefficient (Wildman–Crippen LogP) is 4.13. The van der Waals surface area contributed by atoms with E-state index < -0.39 is 5.54 Å². The summed E-state index contributed by atoms with van der Waals surface area (Å²) < 4.78 is 10.6. The number of nitrogens with one attached hydrogen (secondary N) is 2. The first kappa shape index (κ1) is 19.9. The summed E-state index contributed by atoms with van der Waals surface area (Å²) in [4.78, 5) is 12.3. The van der Waals surface area contributed by atoms with Gasteiger partial charge in [0.25, 0.3) is 0 Å². The van der Waals surface area contributed by atoms with Gasteiger partial charge in [-0.1, -0.05) is 29.8 Å². The third kappa shape index (κ3) is 5.30. The summed E-state index contributed by atoms with van der Waals surface area (Å²) in [5.74, 6) is 1.28. The Balaban J connectivity index is 1.93. The van der Waals surface area contributed by atoms with Crippen molar-refractivity contribution in [3.05, 3.63) is 58.6 Å². The van der Waals surface area contributed by atoms with Gasteiger partial charge >= 0.3 is 6.03 Å². The first-order valence-corrected chi connectivity index (χ1v) is 8.76. The zero-order valence-electron chi connectivity index (χ0n) is 15.6. The molecule has 0 aliphatic heterocycles. The first-order chi connectivity index (χ1) is 12.4. The molecule has 0 aromatic heterocycles. The van der Waals surface area contributed by atoms with Gasteiger partial charge in [-0.25, -0.2) is 4.79 Å². The van der Waals surface area contributed by atoms with Crippen LogP contribution in [0.25, 0.3) is 0 Å². The Morgan fingerprint density at radius 2 is 1.69 bits per heavy atom. The summed E-state index contributed by atoms with van der Waals surface area (Å²) >= 11 is 5.87. The van der Waals surface area contributed by atoms with Crippen molar-refractivity contribution in [1.29, 1.82) is 0 Å². The van der Waals surface area contributed by atoms with E-state index in [2.05, 4.69) is 10.6 Å². The molecule has 2 N–H and O–H groups in total. The van der Waals surface area contributed by atoms with Gasteiger partial charge in [0.2, 0.25) is 0 Å². The zero-order valence-corrected chi connectivity index (χ0v) is 16.3. The molecule has 0 unspecified atom stereocenters. The number of halogens is 1. The van der Waals surface area contributed by atoms with Crippen LogP contribution in [0, 0.1) is 0 Å². The lowest BCUT2D eigenvalue weighted by Gasteiger charge is -2.27. The van der Waals surface area contributed by atoms with Crippen molar-refractivity contribution in [2.75, 3.05) is 20.8 Å². The number of urea groups is 1. The fourth-order valence-electron chi connectivity index (χ4n) is 2.60. The fourth-order valence-corrected chi connectivity index (χ4v) is 2.72. The van der Waals surface area contributed by atoms with Gasteiger partial charge in [0, 0.05) is 11.6 Å². The lowest BCUT2D eigenvalue weighted by atomic mass is 9.94. The van der Waals surface area contributed by atoms with Gasteiger partial charge in [-0.15, -0.1) is 0 Å². The van der Waals surface area contributed by atoms with E-state index in [1.807, 2.05) is 56.3 Å². The quantitative estimate of drug-likeness (QED) is 0.763. The highest BCUT2D eigenvalue weighted by Crippen LogP contribution is 2.31. The molecule has 2 rings (SSSR count). The normalized spacial score (nSPS) is 11.0. The topological polar surface area (TPSA) is 59.6 Å². The van der Waals surface area contributed by atoms with Crippen molar-refractivity contribution < 1.29 is 14.3 Å². The average Bonchev–Trinajstić information content (AvgIpc) is 2.62. The van der Waals surface area contributed by atoms with Gasteiger partial charge in [0.15, 0.2) is 11.5 Å². The largest absolute Gasteiger partial charge is 0.493 e. The van der Waals surface area contributed by atoms with Gasteiger partial charge in [-0.2, -0.15) is 0 Å². The number of ether oxygens (including phenoxy) is 2. The minimum Gasteiger partial charge on any atom is -0.493 e. The first-order valence-electron chi connectivity index (χ1n) is 8.38. The van der Waals surface area contributed by atoms with Crippen molar-refractivity contribution in [3.8, 4) is 11.5 Å². The summed E-state index contributed by atoms with van der Waals surface area (Å²) in [6.07, 6.45) is 0.737. The molecule has 0 fully saturated rings. The molecule has 0 aliphatic rings. The highest BCUT2D eigenvalue weighted by molar-refractivity contribution is 6.30. The Kier molecular flexibility index (Phi) is 6.75. The maximum atomic E-state index is 12.3. The van der Waals surface area contributed by atoms with Crippen LogP contribution < -0.4 is 20.1 Å². The Morgan fingerprint density at radius 1 is 1.04 bits per heavy atom. The Bertz CT molecular complexity index is 745. The molecule has 0 bridgehead atoms. The molecule has 2 amide bonds. The molecule has 0 saturated carbocycles. The van der Waals surface area contributed by atoms with E-state index in [4.69, 9.17) is 21.1 Å². The maximum absolute atomic E-state index is 12.3. The minimum absolute atomic E-state index is 0.223. The SMILES string of the molecule is COc1ccc(C(C)(C)NC(=O)NCCc2ccc(Cl)cc2)cc1OC. The van der Waals surface area contributed by atoms with Crippen LogP contribution in [0.15, 0.2) is 42.5 Å². The molecule has 0 heterocycles. The molecule has 0 saturated heterocycles. The van der Waals surface area contributed by atoms with Gasteiger partial charge in [-0.3, -0.25) is 0 Å².